The van der Waals surface area contributed by atoms with Gasteiger partial charge < -0.3 is 9.47 Å². The third-order valence-corrected chi connectivity index (χ3v) is 7.24. The van der Waals surface area contributed by atoms with E-state index in [4.69, 9.17) is 9.47 Å². The normalized spacial score (nSPS) is 35.3. The predicted octanol–water partition coefficient (Wildman–Crippen LogP) is 2.00. The molecule has 3 rings (SSSR count). The number of hydrogen-bond donors (Lipinski definition) is 0. The third kappa shape index (κ3) is 4.81. The molecule has 0 radical (unpaired) electrons. The highest BCUT2D eigenvalue weighted by molar-refractivity contribution is 6.33. The van der Waals surface area contributed by atoms with Crippen molar-refractivity contribution in [2.24, 2.45) is 29.6 Å². The molecule has 7 heteroatoms. The van der Waals surface area contributed by atoms with Crippen LogP contribution in [0.15, 0.2) is 0 Å². The Labute approximate surface area is 156 Å². The van der Waals surface area contributed by atoms with Crippen molar-refractivity contribution in [3.05, 3.63) is 0 Å². The Morgan fingerprint density at radius 1 is 0.808 bits per heavy atom. The van der Waals surface area contributed by atoms with Crippen LogP contribution in [0.1, 0.15) is 51.4 Å². The maximum Gasteiger partial charge on any atom is 0.317 e. The molecule has 6 nitrogen and oxygen atoms in total. The highest BCUT2D eigenvalue weighted by Gasteiger charge is 2.40. The lowest BCUT2D eigenvalue weighted by Crippen LogP contribution is -2.27. The van der Waals surface area contributed by atoms with E-state index in [1.807, 2.05) is 0 Å². The molecule has 26 heavy (non-hydrogen) atoms. The number of esters is 4. The van der Waals surface area contributed by atoms with Crippen LogP contribution in [0, 0.1) is 29.6 Å². The van der Waals surface area contributed by atoms with E-state index in [0.29, 0.717) is 30.6 Å². The van der Waals surface area contributed by atoms with Crippen LogP contribution < -0.4 is 0 Å². The molecule has 2 heterocycles. The van der Waals surface area contributed by atoms with Crippen LogP contribution in [0.2, 0.25) is 12.6 Å². The van der Waals surface area contributed by atoms with Gasteiger partial charge in [0.15, 0.2) is 0 Å². The quantitative estimate of drug-likeness (QED) is 0.381. The molecule has 4 unspecified atom stereocenters. The molecule has 0 N–H and O–H groups in total. The van der Waals surface area contributed by atoms with Crippen LogP contribution >= 0.6 is 0 Å². The molecule has 1 aliphatic carbocycles. The summed E-state index contributed by atoms with van der Waals surface area (Å²) >= 11 is 0. The van der Waals surface area contributed by atoms with E-state index in [0.717, 1.165) is 19.3 Å². The third-order valence-electron chi connectivity index (χ3n) is 6.12. The van der Waals surface area contributed by atoms with Crippen molar-refractivity contribution in [2.75, 3.05) is 0 Å². The Hall–Kier alpha value is -1.50. The van der Waals surface area contributed by atoms with Crippen molar-refractivity contribution in [1.82, 2.24) is 0 Å². The van der Waals surface area contributed by atoms with Crippen LogP contribution in [-0.2, 0) is 28.7 Å². The van der Waals surface area contributed by atoms with Gasteiger partial charge in [0.1, 0.15) is 0 Å². The molecule has 1 saturated carbocycles. The van der Waals surface area contributed by atoms with Crippen molar-refractivity contribution >= 4 is 33.4 Å². The summed E-state index contributed by atoms with van der Waals surface area (Å²) < 4.78 is 9.39. The Balaban J connectivity index is 1.61. The summed E-state index contributed by atoms with van der Waals surface area (Å²) in [5.41, 5.74) is 0. The number of carbonyl (C=O) groups excluding carboxylic acids is 4. The molecular formula is C19H28O6Si. The van der Waals surface area contributed by atoms with Crippen molar-refractivity contribution in [3.8, 4) is 0 Å². The molecule has 144 valence electrons. The second-order valence-corrected chi connectivity index (χ2v) is 10.0. The summed E-state index contributed by atoms with van der Waals surface area (Å²) in [6.45, 7) is 2.32. The van der Waals surface area contributed by atoms with Gasteiger partial charge in [-0.25, -0.2) is 0 Å². The van der Waals surface area contributed by atoms with Crippen molar-refractivity contribution < 1.29 is 28.7 Å². The second-order valence-electron chi connectivity index (χ2n) is 8.31. The lowest BCUT2D eigenvalue weighted by molar-refractivity contribution is -0.155. The minimum absolute atomic E-state index is 0.0251. The zero-order valence-electron chi connectivity index (χ0n) is 15.4. The monoisotopic (exact) mass is 380 g/mol. The van der Waals surface area contributed by atoms with E-state index in [1.54, 1.807) is 0 Å². The predicted molar refractivity (Wildman–Crippen MR) is 95.8 cm³/mol. The van der Waals surface area contributed by atoms with Gasteiger partial charge in [0, 0.05) is 9.52 Å². The maximum atomic E-state index is 11.8. The van der Waals surface area contributed by atoms with Crippen molar-refractivity contribution in [2.45, 2.75) is 64.0 Å². The SMILES string of the molecule is C[SiH2]CCC1CC(CC2CC(=O)OC2=O)CC(CC2CC(=O)OC2=O)C1. The smallest absolute Gasteiger partial charge is 0.317 e. The van der Waals surface area contributed by atoms with Gasteiger partial charge in [-0.15, -0.1) is 0 Å². The molecule has 0 aromatic rings. The molecule has 3 fully saturated rings. The highest BCUT2D eigenvalue weighted by atomic mass is 28.2. The van der Waals surface area contributed by atoms with E-state index in [-0.39, 0.29) is 46.1 Å². The number of hydrogen-bond acceptors (Lipinski definition) is 6. The topological polar surface area (TPSA) is 86.7 Å². The summed E-state index contributed by atoms with van der Waals surface area (Å²) in [7, 11) is 0.0251. The molecule has 0 aromatic carbocycles. The fraction of sp³-hybridized carbons (Fsp3) is 0.789. The van der Waals surface area contributed by atoms with Crippen molar-refractivity contribution in [1.29, 1.82) is 0 Å². The summed E-state index contributed by atoms with van der Waals surface area (Å²) in [5.74, 6) is -0.786. The van der Waals surface area contributed by atoms with Crippen LogP contribution in [-0.4, -0.2) is 33.4 Å². The van der Waals surface area contributed by atoms with Crippen LogP contribution in [0.4, 0.5) is 0 Å². The highest BCUT2D eigenvalue weighted by Crippen LogP contribution is 2.43. The standard InChI is InChI=1S/C19H28O6Si/c1-26-3-2-11-4-12(7-14-9-16(20)24-18(14)22)6-13(5-11)8-15-10-17(21)25-19(15)23/h11-15H,2-10,26H2,1H3. The molecule has 3 aliphatic rings. The number of cyclic esters (lactones) is 4. The lowest BCUT2D eigenvalue weighted by Gasteiger charge is -2.36. The fourth-order valence-corrected chi connectivity index (χ4v) is 6.01. The zero-order valence-corrected chi connectivity index (χ0v) is 16.8. The van der Waals surface area contributed by atoms with Crippen LogP contribution in [0.5, 0.6) is 0 Å². The van der Waals surface area contributed by atoms with Gasteiger partial charge in [-0.1, -0.05) is 19.0 Å². The first kappa shape index (κ1) is 19.3. The summed E-state index contributed by atoms with van der Waals surface area (Å²) in [6.07, 6.45) is 6.18. The average Bonchev–Trinajstić information content (AvgIpc) is 3.05. The van der Waals surface area contributed by atoms with Gasteiger partial charge in [-0.2, -0.15) is 0 Å². The average molecular weight is 381 g/mol. The summed E-state index contributed by atoms with van der Waals surface area (Å²) in [4.78, 5) is 46.3. The molecule has 0 bridgehead atoms. The van der Waals surface area contributed by atoms with Crippen molar-refractivity contribution in [3.63, 3.8) is 0 Å². The first-order chi connectivity index (χ1) is 12.4. The number of carbonyl (C=O) groups is 4. The Kier molecular flexibility index (Phi) is 6.27. The lowest BCUT2D eigenvalue weighted by atomic mass is 9.69. The Bertz CT molecular complexity index is 543. The van der Waals surface area contributed by atoms with E-state index < -0.39 is 11.9 Å². The Morgan fingerprint density at radius 3 is 1.65 bits per heavy atom. The zero-order chi connectivity index (χ0) is 18.7. The number of ether oxygens (including phenoxy) is 2. The first-order valence-corrected chi connectivity index (χ1v) is 12.3. The number of rotatable bonds is 7. The van der Waals surface area contributed by atoms with E-state index in [9.17, 15) is 19.2 Å². The van der Waals surface area contributed by atoms with Gasteiger partial charge >= 0.3 is 23.9 Å². The van der Waals surface area contributed by atoms with E-state index >= 15 is 0 Å². The van der Waals surface area contributed by atoms with Gasteiger partial charge in [0.05, 0.1) is 24.7 Å². The van der Waals surface area contributed by atoms with Crippen LogP contribution in [0.25, 0.3) is 0 Å². The second kappa shape index (κ2) is 8.46. The van der Waals surface area contributed by atoms with E-state index in [1.165, 1.54) is 12.5 Å². The van der Waals surface area contributed by atoms with E-state index in [2.05, 4.69) is 6.55 Å². The molecule has 4 atom stereocenters. The summed E-state index contributed by atoms with van der Waals surface area (Å²) in [5, 5.41) is 0. The molecule has 0 spiro atoms. The van der Waals surface area contributed by atoms with Gasteiger partial charge in [0.25, 0.3) is 0 Å². The minimum atomic E-state index is -0.409. The summed E-state index contributed by atoms with van der Waals surface area (Å²) in [6, 6.07) is 1.32. The first-order valence-electron chi connectivity index (χ1n) is 9.93. The molecule has 0 aromatic heterocycles. The fourth-order valence-electron chi connectivity index (χ4n) is 5.02. The van der Waals surface area contributed by atoms with Gasteiger partial charge in [0.2, 0.25) is 0 Å². The van der Waals surface area contributed by atoms with Gasteiger partial charge in [-0.05, 0) is 49.9 Å². The molecule has 0 amide bonds. The van der Waals surface area contributed by atoms with Crippen LogP contribution in [0.3, 0.4) is 0 Å². The largest absolute Gasteiger partial charge is 0.393 e. The molecule has 2 aliphatic heterocycles. The minimum Gasteiger partial charge on any atom is -0.393 e. The maximum absolute atomic E-state index is 11.8. The van der Waals surface area contributed by atoms with Gasteiger partial charge in [-0.3, -0.25) is 19.2 Å². The molecular weight excluding hydrogens is 352 g/mol. The molecule has 2 saturated heterocycles. The Morgan fingerprint density at radius 2 is 1.27 bits per heavy atom.